The third-order valence-corrected chi connectivity index (χ3v) is 4.38. The lowest BCUT2D eigenvalue weighted by Crippen LogP contribution is -2.22. The fraction of sp³-hybridized carbons (Fsp3) is 0.364. The van der Waals surface area contributed by atoms with Crippen LogP contribution >= 0.6 is 0 Å². The normalized spacial score (nSPS) is 11.1. The second-order valence-corrected chi connectivity index (χ2v) is 7.13. The van der Waals surface area contributed by atoms with Gasteiger partial charge < -0.3 is 19.4 Å². The van der Waals surface area contributed by atoms with Crippen LogP contribution in [0.1, 0.15) is 29.8 Å². The van der Waals surface area contributed by atoms with Gasteiger partial charge in [0.25, 0.3) is 5.91 Å². The first-order valence-electron chi connectivity index (χ1n) is 9.51. The van der Waals surface area contributed by atoms with E-state index in [4.69, 9.17) is 9.47 Å². The Bertz CT molecular complexity index is 916. The van der Waals surface area contributed by atoms with Crippen molar-refractivity contribution in [1.29, 1.82) is 0 Å². The van der Waals surface area contributed by atoms with E-state index in [1.807, 2.05) is 30.5 Å². The highest BCUT2D eigenvalue weighted by Gasteiger charge is 2.15. The summed E-state index contributed by atoms with van der Waals surface area (Å²) in [4.78, 5) is 17.0. The minimum Gasteiger partial charge on any atom is -0.475 e. The Morgan fingerprint density at radius 2 is 2.00 bits per heavy atom. The van der Waals surface area contributed by atoms with Crippen molar-refractivity contribution in [3.05, 3.63) is 59.9 Å². The Morgan fingerprint density at radius 3 is 2.71 bits per heavy atom. The van der Waals surface area contributed by atoms with Crippen molar-refractivity contribution in [3.8, 4) is 5.88 Å². The molecule has 0 radical (unpaired) electrons. The molecule has 6 nitrogen and oxygen atoms in total. The van der Waals surface area contributed by atoms with Crippen LogP contribution in [0.3, 0.4) is 0 Å². The number of hydrogen-bond donors (Lipinski definition) is 1. The Kier molecular flexibility index (Phi) is 6.66. The summed E-state index contributed by atoms with van der Waals surface area (Å²) in [6, 6.07) is 11.7. The zero-order valence-electron chi connectivity index (χ0n) is 16.6. The summed E-state index contributed by atoms with van der Waals surface area (Å²) in [6.07, 6.45) is 3.66. The van der Waals surface area contributed by atoms with Gasteiger partial charge in [0.15, 0.2) is 0 Å². The first kappa shape index (κ1) is 19.9. The summed E-state index contributed by atoms with van der Waals surface area (Å²) in [6.45, 7) is 6.61. The van der Waals surface area contributed by atoms with E-state index in [0.717, 1.165) is 23.0 Å². The maximum absolute atomic E-state index is 12.8. The summed E-state index contributed by atoms with van der Waals surface area (Å²) in [5, 5.41) is 3.97. The molecule has 148 valence electrons. The van der Waals surface area contributed by atoms with Crippen LogP contribution in [-0.4, -0.2) is 35.8 Å². The van der Waals surface area contributed by atoms with E-state index < -0.39 is 0 Å². The molecule has 0 saturated carbocycles. The van der Waals surface area contributed by atoms with Crippen LogP contribution in [0.4, 0.5) is 0 Å². The number of para-hydroxylation sites is 1. The topological polar surface area (TPSA) is 65.4 Å². The number of ether oxygens (including phenoxy) is 2. The number of pyridine rings is 1. The molecule has 0 bridgehead atoms. The average molecular weight is 381 g/mol. The largest absolute Gasteiger partial charge is 0.475 e. The predicted octanol–water partition coefficient (Wildman–Crippen LogP) is 3.65. The Hall–Kier alpha value is -2.86. The second kappa shape index (κ2) is 9.37. The molecular formula is C22H27N3O3. The molecule has 6 heteroatoms. The molecule has 0 atom stereocenters. The quantitative estimate of drug-likeness (QED) is 0.575. The van der Waals surface area contributed by atoms with E-state index in [2.05, 4.69) is 34.8 Å². The van der Waals surface area contributed by atoms with Gasteiger partial charge in [-0.05, 0) is 17.5 Å². The van der Waals surface area contributed by atoms with Crippen molar-refractivity contribution in [2.45, 2.75) is 26.9 Å². The molecule has 1 N–H and O–H groups in total. The van der Waals surface area contributed by atoms with Crippen LogP contribution in [0.25, 0.3) is 10.9 Å². The number of rotatable bonds is 9. The highest BCUT2D eigenvalue weighted by molar-refractivity contribution is 6.06. The molecule has 0 fully saturated rings. The van der Waals surface area contributed by atoms with Gasteiger partial charge in [0.05, 0.1) is 12.2 Å². The smallest absolute Gasteiger partial charge is 0.253 e. The molecule has 0 aliphatic rings. The van der Waals surface area contributed by atoms with E-state index in [1.165, 1.54) is 0 Å². The van der Waals surface area contributed by atoms with Gasteiger partial charge in [-0.25, -0.2) is 4.98 Å². The monoisotopic (exact) mass is 381 g/mol. The molecule has 1 aromatic carbocycles. The van der Waals surface area contributed by atoms with Gasteiger partial charge >= 0.3 is 0 Å². The molecule has 0 unspecified atom stereocenters. The summed E-state index contributed by atoms with van der Waals surface area (Å²) in [7, 11) is 1.63. The van der Waals surface area contributed by atoms with Crippen molar-refractivity contribution in [1.82, 2.24) is 14.9 Å². The zero-order chi connectivity index (χ0) is 19.9. The van der Waals surface area contributed by atoms with Crippen molar-refractivity contribution in [3.63, 3.8) is 0 Å². The van der Waals surface area contributed by atoms with Crippen LogP contribution < -0.4 is 10.1 Å². The first-order valence-corrected chi connectivity index (χ1v) is 9.51. The van der Waals surface area contributed by atoms with Crippen LogP contribution in [0.15, 0.2) is 48.8 Å². The molecular weight excluding hydrogens is 354 g/mol. The first-order chi connectivity index (χ1) is 13.6. The van der Waals surface area contributed by atoms with E-state index >= 15 is 0 Å². The Morgan fingerprint density at radius 1 is 1.18 bits per heavy atom. The average Bonchev–Trinajstić information content (AvgIpc) is 3.05. The van der Waals surface area contributed by atoms with Crippen molar-refractivity contribution < 1.29 is 14.3 Å². The number of carbonyl (C=O) groups is 1. The summed E-state index contributed by atoms with van der Waals surface area (Å²) in [5.41, 5.74) is 2.70. The lowest BCUT2D eigenvalue weighted by atomic mass is 10.1. The van der Waals surface area contributed by atoms with Crippen LogP contribution in [0.5, 0.6) is 5.88 Å². The Labute approximate surface area is 165 Å². The van der Waals surface area contributed by atoms with Crippen LogP contribution in [0, 0.1) is 5.92 Å². The molecule has 0 spiro atoms. The molecule has 2 aromatic heterocycles. The van der Waals surface area contributed by atoms with Gasteiger partial charge in [-0.15, -0.1) is 0 Å². The molecule has 0 saturated heterocycles. The molecule has 3 rings (SSSR count). The van der Waals surface area contributed by atoms with Crippen molar-refractivity contribution in [2.75, 3.05) is 20.3 Å². The Balaban J connectivity index is 1.66. The SMILES string of the molecule is COCCOc1ccc(CNC(=O)c2cn(CC(C)C)c3ccccc23)cn1. The predicted molar refractivity (Wildman–Crippen MR) is 110 cm³/mol. The maximum atomic E-state index is 12.8. The molecule has 2 heterocycles. The number of methoxy groups -OCH3 is 1. The number of carbonyl (C=O) groups excluding carboxylic acids is 1. The van der Waals surface area contributed by atoms with Gasteiger partial charge in [-0.1, -0.05) is 38.1 Å². The number of hydrogen-bond acceptors (Lipinski definition) is 4. The second-order valence-electron chi connectivity index (χ2n) is 7.13. The third-order valence-electron chi connectivity index (χ3n) is 4.38. The minimum atomic E-state index is -0.0841. The van der Waals surface area contributed by atoms with Crippen LogP contribution in [-0.2, 0) is 17.8 Å². The zero-order valence-corrected chi connectivity index (χ0v) is 16.6. The van der Waals surface area contributed by atoms with Gasteiger partial charge in [0.1, 0.15) is 6.61 Å². The number of nitrogens with zero attached hydrogens (tertiary/aromatic N) is 2. The lowest BCUT2D eigenvalue weighted by molar-refractivity contribution is 0.0952. The fourth-order valence-electron chi connectivity index (χ4n) is 3.08. The fourth-order valence-corrected chi connectivity index (χ4v) is 3.08. The summed E-state index contributed by atoms with van der Waals surface area (Å²) >= 11 is 0. The molecule has 0 aliphatic carbocycles. The van der Waals surface area contributed by atoms with Crippen LogP contribution in [0.2, 0.25) is 0 Å². The van der Waals surface area contributed by atoms with Crippen molar-refractivity contribution in [2.24, 2.45) is 5.92 Å². The van der Waals surface area contributed by atoms with Crippen molar-refractivity contribution >= 4 is 16.8 Å². The van der Waals surface area contributed by atoms with E-state index in [9.17, 15) is 4.79 Å². The standard InChI is InChI=1S/C22H27N3O3/c1-16(2)14-25-15-19(18-6-4-5-7-20(18)25)22(26)24-13-17-8-9-21(23-12-17)28-11-10-27-3/h4-9,12,15-16H,10-11,13-14H2,1-3H3,(H,24,26). The number of aromatic nitrogens is 2. The molecule has 3 aromatic rings. The maximum Gasteiger partial charge on any atom is 0.253 e. The highest BCUT2D eigenvalue weighted by Crippen LogP contribution is 2.22. The minimum absolute atomic E-state index is 0.0841. The number of amides is 1. The van der Waals surface area contributed by atoms with E-state index in [0.29, 0.717) is 37.1 Å². The lowest BCUT2D eigenvalue weighted by Gasteiger charge is -2.07. The molecule has 1 amide bonds. The summed E-state index contributed by atoms with van der Waals surface area (Å²) < 4.78 is 12.6. The van der Waals surface area contributed by atoms with Gasteiger partial charge in [0, 0.05) is 49.6 Å². The highest BCUT2D eigenvalue weighted by atomic mass is 16.5. The molecule has 0 aliphatic heterocycles. The molecule has 28 heavy (non-hydrogen) atoms. The third kappa shape index (κ3) is 4.89. The number of nitrogens with one attached hydrogen (secondary N) is 1. The van der Waals surface area contributed by atoms with Gasteiger partial charge in [-0.2, -0.15) is 0 Å². The van der Waals surface area contributed by atoms with Gasteiger partial charge in [-0.3, -0.25) is 4.79 Å². The van der Waals surface area contributed by atoms with Gasteiger partial charge in [0.2, 0.25) is 5.88 Å². The van der Waals surface area contributed by atoms with E-state index in [-0.39, 0.29) is 5.91 Å². The number of benzene rings is 1. The van der Waals surface area contributed by atoms with E-state index in [1.54, 1.807) is 19.4 Å². The number of fused-ring (bicyclic) bond motifs is 1. The summed E-state index contributed by atoms with van der Waals surface area (Å²) in [5.74, 6) is 0.963.